The summed E-state index contributed by atoms with van der Waals surface area (Å²) in [6.45, 7) is 7.97. The highest BCUT2D eigenvalue weighted by Crippen LogP contribution is 2.41. The molecule has 0 spiro atoms. The van der Waals surface area contributed by atoms with Gasteiger partial charge in [0.1, 0.15) is 0 Å². The molecule has 1 aliphatic rings. The Hall–Kier alpha value is -1.12. The molecular weight excluding hydrogens is 200 g/mol. The minimum Gasteiger partial charge on any atom is -0.364 e. The molecule has 0 radical (unpaired) electrons. The van der Waals surface area contributed by atoms with Gasteiger partial charge in [-0.15, -0.1) is 0 Å². The van der Waals surface area contributed by atoms with E-state index in [0.29, 0.717) is 0 Å². The van der Waals surface area contributed by atoms with Gasteiger partial charge in [0, 0.05) is 0 Å². The number of benzene rings is 1. The second-order valence-corrected chi connectivity index (χ2v) is 4.90. The Balaban J connectivity index is 2.50. The summed E-state index contributed by atoms with van der Waals surface area (Å²) in [5, 5.41) is 9.74. The third-order valence-corrected chi connectivity index (χ3v) is 3.11. The van der Waals surface area contributed by atoms with Gasteiger partial charge in [-0.1, -0.05) is 29.8 Å². The number of ether oxygens (including phenoxy) is 1. The summed E-state index contributed by atoms with van der Waals surface area (Å²) in [5.74, 6) is 0. The Labute approximate surface area is 96.6 Å². The van der Waals surface area contributed by atoms with Crippen LogP contribution in [0.4, 0.5) is 0 Å². The lowest BCUT2D eigenvalue weighted by atomic mass is 9.89. The SMILES string of the molecule is CC1=C(c2ccc(C)cc2)C(C)(C)OC1O. The topological polar surface area (TPSA) is 29.5 Å². The molecule has 86 valence electrons. The maximum Gasteiger partial charge on any atom is 0.178 e. The van der Waals surface area contributed by atoms with E-state index in [0.717, 1.165) is 16.7 Å². The van der Waals surface area contributed by atoms with Gasteiger partial charge in [0.25, 0.3) is 0 Å². The van der Waals surface area contributed by atoms with Crippen LogP contribution in [0.5, 0.6) is 0 Å². The van der Waals surface area contributed by atoms with E-state index >= 15 is 0 Å². The zero-order valence-electron chi connectivity index (χ0n) is 10.2. The van der Waals surface area contributed by atoms with Gasteiger partial charge in [-0.25, -0.2) is 0 Å². The van der Waals surface area contributed by atoms with Crippen LogP contribution in [0.15, 0.2) is 29.8 Å². The summed E-state index contributed by atoms with van der Waals surface area (Å²) in [6.07, 6.45) is -0.772. The predicted molar refractivity (Wildman–Crippen MR) is 64.9 cm³/mol. The Kier molecular flexibility index (Phi) is 2.64. The first-order chi connectivity index (χ1) is 7.42. The third kappa shape index (κ3) is 1.79. The predicted octanol–water partition coefficient (Wildman–Crippen LogP) is 2.90. The highest BCUT2D eigenvalue weighted by atomic mass is 16.6. The summed E-state index contributed by atoms with van der Waals surface area (Å²) in [7, 11) is 0. The van der Waals surface area contributed by atoms with Gasteiger partial charge in [0.2, 0.25) is 0 Å². The first-order valence-corrected chi connectivity index (χ1v) is 5.56. The standard InChI is InChI=1S/C14H18O2/c1-9-5-7-11(8-6-9)12-10(2)13(15)16-14(12,3)4/h5-8,13,15H,1-4H3. The van der Waals surface area contributed by atoms with E-state index in [1.54, 1.807) is 0 Å². The molecule has 16 heavy (non-hydrogen) atoms. The number of aliphatic hydroxyl groups excluding tert-OH is 1. The second kappa shape index (κ2) is 3.72. The van der Waals surface area contributed by atoms with E-state index in [2.05, 4.69) is 31.2 Å². The lowest BCUT2D eigenvalue weighted by Crippen LogP contribution is -2.23. The van der Waals surface area contributed by atoms with Crippen LogP contribution in [-0.2, 0) is 4.74 Å². The van der Waals surface area contributed by atoms with Gasteiger partial charge in [-0.05, 0) is 44.4 Å². The number of aryl methyl sites for hydroxylation is 1. The first-order valence-electron chi connectivity index (χ1n) is 5.56. The van der Waals surface area contributed by atoms with Crippen molar-refractivity contribution < 1.29 is 9.84 Å². The van der Waals surface area contributed by atoms with Crippen LogP contribution in [0.25, 0.3) is 5.57 Å². The summed E-state index contributed by atoms with van der Waals surface area (Å²) >= 11 is 0. The molecule has 0 aliphatic carbocycles. The number of rotatable bonds is 1. The van der Waals surface area contributed by atoms with Crippen LogP contribution < -0.4 is 0 Å². The molecule has 1 N–H and O–H groups in total. The quantitative estimate of drug-likeness (QED) is 0.785. The zero-order valence-corrected chi connectivity index (χ0v) is 10.2. The van der Waals surface area contributed by atoms with Crippen molar-refractivity contribution in [1.29, 1.82) is 0 Å². The molecule has 1 unspecified atom stereocenters. The summed E-state index contributed by atoms with van der Waals surface area (Å²) in [6, 6.07) is 8.32. The van der Waals surface area contributed by atoms with E-state index in [1.807, 2.05) is 20.8 Å². The largest absolute Gasteiger partial charge is 0.364 e. The molecule has 0 saturated heterocycles. The normalized spacial score (nSPS) is 23.9. The molecule has 1 heterocycles. The van der Waals surface area contributed by atoms with Crippen LogP contribution >= 0.6 is 0 Å². The smallest absolute Gasteiger partial charge is 0.178 e. The van der Waals surface area contributed by atoms with Gasteiger partial charge >= 0.3 is 0 Å². The molecule has 1 aromatic rings. The molecule has 2 rings (SSSR count). The van der Waals surface area contributed by atoms with Gasteiger partial charge < -0.3 is 9.84 Å². The van der Waals surface area contributed by atoms with Crippen LogP contribution in [0.3, 0.4) is 0 Å². The molecular formula is C14H18O2. The monoisotopic (exact) mass is 218 g/mol. The fourth-order valence-corrected chi connectivity index (χ4v) is 2.32. The van der Waals surface area contributed by atoms with Gasteiger partial charge in [-0.2, -0.15) is 0 Å². The minimum atomic E-state index is -0.772. The van der Waals surface area contributed by atoms with E-state index in [4.69, 9.17) is 4.74 Å². The highest BCUT2D eigenvalue weighted by Gasteiger charge is 2.37. The summed E-state index contributed by atoms with van der Waals surface area (Å²) in [5.41, 5.74) is 3.96. The zero-order chi connectivity index (χ0) is 11.9. The first kappa shape index (κ1) is 11.4. The average molecular weight is 218 g/mol. The van der Waals surface area contributed by atoms with Crippen molar-refractivity contribution in [1.82, 2.24) is 0 Å². The molecule has 2 nitrogen and oxygen atoms in total. The Morgan fingerprint density at radius 3 is 2.12 bits per heavy atom. The van der Waals surface area contributed by atoms with Gasteiger partial charge in [0.05, 0.1) is 5.60 Å². The van der Waals surface area contributed by atoms with Crippen molar-refractivity contribution in [2.24, 2.45) is 0 Å². The van der Waals surface area contributed by atoms with E-state index in [1.165, 1.54) is 5.56 Å². The second-order valence-electron chi connectivity index (χ2n) is 4.90. The van der Waals surface area contributed by atoms with Crippen molar-refractivity contribution in [3.63, 3.8) is 0 Å². The molecule has 0 bridgehead atoms. The van der Waals surface area contributed by atoms with Crippen molar-refractivity contribution in [3.05, 3.63) is 41.0 Å². The van der Waals surface area contributed by atoms with Crippen molar-refractivity contribution >= 4 is 5.57 Å². The Morgan fingerprint density at radius 2 is 1.69 bits per heavy atom. The highest BCUT2D eigenvalue weighted by molar-refractivity contribution is 5.76. The summed E-state index contributed by atoms with van der Waals surface area (Å²) < 4.78 is 5.54. The number of aliphatic hydroxyl groups is 1. The van der Waals surface area contributed by atoms with Crippen molar-refractivity contribution in [3.8, 4) is 0 Å². The fourth-order valence-electron chi connectivity index (χ4n) is 2.32. The number of hydrogen-bond donors (Lipinski definition) is 1. The van der Waals surface area contributed by atoms with Crippen molar-refractivity contribution in [2.75, 3.05) is 0 Å². The lowest BCUT2D eigenvalue weighted by molar-refractivity contribution is -0.110. The molecule has 1 atom stereocenters. The Morgan fingerprint density at radius 1 is 1.12 bits per heavy atom. The van der Waals surface area contributed by atoms with Crippen LogP contribution in [0, 0.1) is 6.92 Å². The summed E-state index contributed by atoms with van der Waals surface area (Å²) in [4.78, 5) is 0. The molecule has 2 heteroatoms. The van der Waals surface area contributed by atoms with E-state index in [9.17, 15) is 5.11 Å². The molecule has 0 amide bonds. The maximum absolute atomic E-state index is 9.74. The third-order valence-electron chi connectivity index (χ3n) is 3.11. The van der Waals surface area contributed by atoms with Crippen LogP contribution in [0.1, 0.15) is 31.9 Å². The van der Waals surface area contributed by atoms with Gasteiger partial charge in [-0.3, -0.25) is 0 Å². The Bertz CT molecular complexity index is 427. The van der Waals surface area contributed by atoms with E-state index in [-0.39, 0.29) is 0 Å². The molecule has 1 aromatic carbocycles. The number of hydrogen-bond acceptors (Lipinski definition) is 2. The van der Waals surface area contributed by atoms with Crippen LogP contribution in [0.2, 0.25) is 0 Å². The average Bonchev–Trinajstić information content (AvgIpc) is 2.39. The lowest BCUT2D eigenvalue weighted by Gasteiger charge is -2.22. The fraction of sp³-hybridized carbons (Fsp3) is 0.429. The van der Waals surface area contributed by atoms with E-state index < -0.39 is 11.9 Å². The molecule has 0 aromatic heterocycles. The minimum absolute atomic E-state index is 0.418. The molecule has 1 aliphatic heterocycles. The molecule has 0 fully saturated rings. The van der Waals surface area contributed by atoms with Crippen LogP contribution in [-0.4, -0.2) is 17.0 Å². The molecule has 0 saturated carbocycles. The van der Waals surface area contributed by atoms with Crippen molar-refractivity contribution in [2.45, 2.75) is 39.6 Å². The maximum atomic E-state index is 9.74. The van der Waals surface area contributed by atoms with Gasteiger partial charge in [0.15, 0.2) is 6.29 Å².